The summed E-state index contributed by atoms with van der Waals surface area (Å²) in [6, 6.07) is 7.27. The van der Waals surface area contributed by atoms with Crippen molar-refractivity contribution in [1.29, 1.82) is 0 Å². The Balaban J connectivity index is 2.29. The zero-order valence-corrected chi connectivity index (χ0v) is 10.6. The van der Waals surface area contributed by atoms with E-state index in [1.54, 1.807) is 12.1 Å². The molecular weight excluding hydrogens is 263 g/mol. The smallest absolute Gasteiger partial charge is 0.340 e. The van der Waals surface area contributed by atoms with Crippen molar-refractivity contribution >= 4 is 40.5 Å². The first-order chi connectivity index (χ1) is 7.92. The third-order valence-corrected chi connectivity index (χ3v) is 2.92. The number of hydrogen-bond donors (Lipinski definition) is 3. The molecule has 0 atom stereocenters. The molecule has 0 spiro atoms. The number of anilines is 2. The Bertz CT molecular complexity index is 380. The maximum absolute atomic E-state index is 10.6. The average Bonchev–Trinajstić information content (AvgIpc) is 2.26. The Hall–Kier alpha value is -1.13. The summed E-state index contributed by atoms with van der Waals surface area (Å²) in [5, 5.41) is 11.8. The van der Waals surface area contributed by atoms with Gasteiger partial charge in [-0.25, -0.2) is 4.79 Å². The maximum atomic E-state index is 10.6. The van der Waals surface area contributed by atoms with Crippen molar-refractivity contribution in [2.45, 2.75) is 17.2 Å². The van der Waals surface area contributed by atoms with Crippen LogP contribution in [0.3, 0.4) is 0 Å². The van der Waals surface area contributed by atoms with Gasteiger partial charge < -0.3 is 16.2 Å². The number of benzene rings is 1. The first kappa shape index (κ1) is 13.9. The summed E-state index contributed by atoms with van der Waals surface area (Å²) in [6.45, 7) is 0.596. The highest BCUT2D eigenvalue weighted by Crippen LogP contribution is 2.27. The van der Waals surface area contributed by atoms with Crippen LogP contribution in [0.2, 0.25) is 0 Å². The van der Waals surface area contributed by atoms with E-state index in [2.05, 4.69) is 5.32 Å². The fraction of sp³-hybridized carbons (Fsp3) is 0.364. The van der Waals surface area contributed by atoms with E-state index in [1.165, 1.54) is 0 Å². The Labute approximate surface area is 110 Å². The fourth-order valence-electron chi connectivity index (χ4n) is 1.25. The van der Waals surface area contributed by atoms with Crippen LogP contribution in [0, 0.1) is 0 Å². The normalized spacial score (nSPS) is 11.2. The van der Waals surface area contributed by atoms with Crippen LogP contribution in [0.1, 0.15) is 12.8 Å². The Morgan fingerprint density at radius 2 is 1.94 bits per heavy atom. The zero-order valence-electron chi connectivity index (χ0n) is 9.12. The number of nitrogens with one attached hydrogen (secondary N) is 1. The van der Waals surface area contributed by atoms with Crippen LogP contribution in [0.5, 0.6) is 0 Å². The molecule has 0 radical (unpaired) electrons. The lowest BCUT2D eigenvalue weighted by atomic mass is 10.2. The monoisotopic (exact) mass is 276 g/mol. The predicted octanol–water partition coefficient (Wildman–Crippen LogP) is 2.72. The van der Waals surface area contributed by atoms with E-state index in [4.69, 9.17) is 34.0 Å². The lowest BCUT2D eigenvalue weighted by molar-refractivity contribution is -0.137. The van der Waals surface area contributed by atoms with Gasteiger partial charge in [0.05, 0.1) is 0 Å². The van der Waals surface area contributed by atoms with E-state index in [0.29, 0.717) is 18.7 Å². The van der Waals surface area contributed by atoms with Crippen LogP contribution in [0.25, 0.3) is 0 Å². The summed E-state index contributed by atoms with van der Waals surface area (Å²) >= 11 is 11.2. The number of aliphatic carboxylic acids is 1. The van der Waals surface area contributed by atoms with Crippen LogP contribution in [-0.4, -0.2) is 22.0 Å². The Morgan fingerprint density at radius 1 is 1.35 bits per heavy atom. The van der Waals surface area contributed by atoms with Gasteiger partial charge in [-0.3, -0.25) is 0 Å². The molecule has 4 N–H and O–H groups in total. The van der Waals surface area contributed by atoms with Gasteiger partial charge in [0.25, 0.3) is 0 Å². The third kappa shape index (κ3) is 4.71. The number of nitrogen functional groups attached to an aromatic ring is 1. The van der Waals surface area contributed by atoms with E-state index in [0.717, 1.165) is 5.69 Å². The van der Waals surface area contributed by atoms with Crippen molar-refractivity contribution in [3.05, 3.63) is 24.3 Å². The van der Waals surface area contributed by atoms with Crippen molar-refractivity contribution in [2.75, 3.05) is 17.6 Å². The minimum absolute atomic E-state index is 0.188. The molecule has 0 aliphatic rings. The molecule has 4 nitrogen and oxygen atoms in total. The highest BCUT2D eigenvalue weighted by Gasteiger charge is 2.32. The van der Waals surface area contributed by atoms with Gasteiger partial charge >= 0.3 is 5.97 Å². The van der Waals surface area contributed by atoms with Crippen LogP contribution in [0.15, 0.2) is 24.3 Å². The molecule has 6 heteroatoms. The predicted molar refractivity (Wildman–Crippen MR) is 70.7 cm³/mol. The molecule has 1 aromatic rings. The molecule has 94 valence electrons. The molecule has 1 aromatic carbocycles. The molecule has 0 saturated heterocycles. The highest BCUT2D eigenvalue weighted by atomic mass is 35.5. The molecule has 0 fully saturated rings. The average molecular weight is 277 g/mol. The summed E-state index contributed by atoms with van der Waals surface area (Å²) in [4.78, 5) is 10.6. The number of carboxylic acids is 1. The molecule has 0 amide bonds. The van der Waals surface area contributed by atoms with Gasteiger partial charge in [0.2, 0.25) is 4.33 Å². The number of alkyl halides is 2. The summed E-state index contributed by atoms with van der Waals surface area (Å²) in [7, 11) is 0. The lowest BCUT2D eigenvalue weighted by Crippen LogP contribution is -2.26. The molecule has 0 aliphatic carbocycles. The number of hydrogen-bond acceptors (Lipinski definition) is 3. The lowest BCUT2D eigenvalue weighted by Gasteiger charge is -2.14. The Morgan fingerprint density at radius 3 is 2.47 bits per heavy atom. The third-order valence-electron chi connectivity index (χ3n) is 2.22. The number of carboxylic acid groups (broad SMARTS) is 1. The maximum Gasteiger partial charge on any atom is 0.340 e. The van der Waals surface area contributed by atoms with E-state index in [9.17, 15) is 4.79 Å². The minimum Gasteiger partial charge on any atom is -0.479 e. The van der Waals surface area contributed by atoms with Gasteiger partial charge in [0.1, 0.15) is 0 Å². The molecule has 0 bridgehead atoms. The summed E-state index contributed by atoms with van der Waals surface area (Å²) in [5.41, 5.74) is 7.16. The van der Waals surface area contributed by atoms with Gasteiger partial charge in [-0.15, -0.1) is 0 Å². The van der Waals surface area contributed by atoms with Gasteiger partial charge in [-0.05, 0) is 37.1 Å². The zero-order chi connectivity index (χ0) is 12.9. The van der Waals surface area contributed by atoms with Crippen molar-refractivity contribution < 1.29 is 9.90 Å². The summed E-state index contributed by atoms with van der Waals surface area (Å²) in [5.74, 6) is -1.21. The first-order valence-electron chi connectivity index (χ1n) is 5.12. The summed E-state index contributed by atoms with van der Waals surface area (Å²) in [6.07, 6.45) is 0.747. The van der Waals surface area contributed by atoms with Gasteiger partial charge in [-0.2, -0.15) is 0 Å². The minimum atomic E-state index is -1.71. The van der Waals surface area contributed by atoms with Crippen LogP contribution >= 0.6 is 23.2 Å². The second-order valence-corrected chi connectivity index (χ2v) is 5.15. The Kier molecular flexibility index (Phi) is 4.90. The quantitative estimate of drug-likeness (QED) is 0.424. The molecule has 0 aliphatic heterocycles. The van der Waals surface area contributed by atoms with E-state index >= 15 is 0 Å². The molecule has 0 aromatic heterocycles. The van der Waals surface area contributed by atoms with Crippen LogP contribution in [-0.2, 0) is 4.79 Å². The second kappa shape index (κ2) is 5.98. The van der Waals surface area contributed by atoms with Crippen molar-refractivity contribution in [3.63, 3.8) is 0 Å². The highest BCUT2D eigenvalue weighted by molar-refractivity contribution is 6.57. The van der Waals surface area contributed by atoms with E-state index in [1.807, 2.05) is 12.1 Å². The number of halogens is 2. The first-order valence-corrected chi connectivity index (χ1v) is 5.88. The van der Waals surface area contributed by atoms with Gasteiger partial charge in [-0.1, -0.05) is 23.2 Å². The van der Waals surface area contributed by atoms with E-state index in [-0.39, 0.29) is 6.42 Å². The summed E-state index contributed by atoms with van der Waals surface area (Å²) < 4.78 is -1.71. The van der Waals surface area contributed by atoms with Gasteiger partial charge in [0, 0.05) is 17.9 Å². The molecule has 0 saturated carbocycles. The molecule has 17 heavy (non-hydrogen) atoms. The van der Waals surface area contributed by atoms with Crippen molar-refractivity contribution in [3.8, 4) is 0 Å². The second-order valence-electron chi connectivity index (χ2n) is 3.66. The van der Waals surface area contributed by atoms with Crippen molar-refractivity contribution in [1.82, 2.24) is 0 Å². The largest absolute Gasteiger partial charge is 0.479 e. The SMILES string of the molecule is Nc1ccc(NCCCC(Cl)(Cl)C(=O)O)cc1. The number of carbonyl (C=O) groups is 1. The van der Waals surface area contributed by atoms with Gasteiger partial charge in [0.15, 0.2) is 0 Å². The fourth-order valence-corrected chi connectivity index (χ4v) is 1.52. The molecule has 1 rings (SSSR count). The molecule has 0 heterocycles. The van der Waals surface area contributed by atoms with Crippen molar-refractivity contribution in [2.24, 2.45) is 0 Å². The number of nitrogens with two attached hydrogens (primary N) is 1. The van der Waals surface area contributed by atoms with Crippen LogP contribution in [0.4, 0.5) is 11.4 Å². The number of rotatable bonds is 6. The standard InChI is InChI=1S/C11H14Cl2N2O2/c12-11(13,10(16)17)6-1-7-15-9-4-2-8(14)3-5-9/h2-5,15H,1,6-7,14H2,(H,16,17). The topological polar surface area (TPSA) is 75.3 Å². The van der Waals surface area contributed by atoms with Crippen LogP contribution < -0.4 is 11.1 Å². The molecule has 0 unspecified atom stereocenters. The van der Waals surface area contributed by atoms with E-state index < -0.39 is 10.3 Å². The molecular formula is C11H14Cl2N2O2.